The molecular weight excluding hydrogens is 446 g/mol. The summed E-state index contributed by atoms with van der Waals surface area (Å²) in [4.78, 5) is 39.6. The molecule has 1 saturated heterocycles. The largest absolute Gasteiger partial charge is 0.490 e. The molecule has 0 bridgehead atoms. The zero-order chi connectivity index (χ0) is 23.4. The van der Waals surface area contributed by atoms with Crippen LogP contribution < -0.4 is 20.7 Å². The second-order valence-electron chi connectivity index (χ2n) is 7.75. The molecule has 0 aliphatic carbocycles. The van der Waals surface area contributed by atoms with E-state index >= 15 is 0 Å². The van der Waals surface area contributed by atoms with Gasteiger partial charge < -0.3 is 25.3 Å². The summed E-state index contributed by atoms with van der Waals surface area (Å²) in [6.45, 7) is 5.70. The van der Waals surface area contributed by atoms with E-state index in [-0.39, 0.29) is 17.5 Å². The Morgan fingerprint density at radius 1 is 1.21 bits per heavy atom. The van der Waals surface area contributed by atoms with Gasteiger partial charge in [0.05, 0.1) is 22.7 Å². The molecule has 0 saturated carbocycles. The molecule has 0 spiro atoms. The predicted molar refractivity (Wildman–Crippen MR) is 125 cm³/mol. The highest BCUT2D eigenvalue weighted by Crippen LogP contribution is 2.28. The van der Waals surface area contributed by atoms with E-state index in [1.165, 1.54) is 6.33 Å². The standard InChI is InChI=1S/C22H26ClN7O3/c1-3-16-12(2)27-22(29-16)30-21(32)19-18(25-11-26-19)20(31)28-17-5-4-14(10-15(17)23)33-13-6-8-24-9-7-13/h4-5,10-11,13,24H,3,6-9H2,1-2H3,(H,25,26)(H,28,31)(H2,27,29,30,32). The minimum Gasteiger partial charge on any atom is -0.490 e. The number of aromatic amines is 2. The molecular formula is C22H26ClN7O3. The molecule has 4 rings (SSSR count). The number of hydrogen-bond donors (Lipinski definition) is 5. The van der Waals surface area contributed by atoms with Gasteiger partial charge in [-0.15, -0.1) is 0 Å². The molecule has 0 unspecified atom stereocenters. The van der Waals surface area contributed by atoms with E-state index in [0.29, 0.717) is 22.4 Å². The van der Waals surface area contributed by atoms with Gasteiger partial charge in [0.2, 0.25) is 5.95 Å². The van der Waals surface area contributed by atoms with Crippen molar-refractivity contribution >= 4 is 35.1 Å². The van der Waals surface area contributed by atoms with E-state index in [4.69, 9.17) is 16.3 Å². The van der Waals surface area contributed by atoms with Crippen LogP contribution in [0.4, 0.5) is 11.6 Å². The fourth-order valence-corrected chi connectivity index (χ4v) is 3.89. The molecule has 0 atom stereocenters. The van der Waals surface area contributed by atoms with E-state index < -0.39 is 11.8 Å². The number of rotatable bonds is 7. The number of carbonyl (C=O) groups is 2. The number of aromatic nitrogens is 4. The van der Waals surface area contributed by atoms with Crippen molar-refractivity contribution in [1.29, 1.82) is 0 Å². The van der Waals surface area contributed by atoms with Crippen molar-refractivity contribution in [2.24, 2.45) is 0 Å². The number of H-pyrrole nitrogens is 2. The van der Waals surface area contributed by atoms with Crippen molar-refractivity contribution in [2.75, 3.05) is 23.7 Å². The maximum atomic E-state index is 12.8. The molecule has 11 heteroatoms. The van der Waals surface area contributed by atoms with Gasteiger partial charge >= 0.3 is 0 Å². The second-order valence-corrected chi connectivity index (χ2v) is 8.16. The molecule has 2 aromatic heterocycles. The molecule has 174 valence electrons. The Morgan fingerprint density at radius 2 is 2.00 bits per heavy atom. The maximum absolute atomic E-state index is 12.8. The van der Waals surface area contributed by atoms with Crippen molar-refractivity contribution in [3.63, 3.8) is 0 Å². The molecule has 3 heterocycles. The lowest BCUT2D eigenvalue weighted by atomic mass is 10.1. The average Bonchev–Trinajstić information content (AvgIpc) is 3.43. The lowest BCUT2D eigenvalue weighted by molar-refractivity contribution is 0.0985. The van der Waals surface area contributed by atoms with Crippen molar-refractivity contribution in [3.05, 3.63) is 52.3 Å². The van der Waals surface area contributed by atoms with E-state index in [0.717, 1.165) is 43.7 Å². The molecule has 10 nitrogen and oxygen atoms in total. The third-order valence-corrected chi connectivity index (χ3v) is 5.72. The first-order chi connectivity index (χ1) is 15.9. The highest BCUT2D eigenvalue weighted by atomic mass is 35.5. The summed E-state index contributed by atoms with van der Waals surface area (Å²) in [7, 11) is 0. The third-order valence-electron chi connectivity index (χ3n) is 5.41. The average molecular weight is 472 g/mol. The smallest absolute Gasteiger partial charge is 0.276 e. The van der Waals surface area contributed by atoms with Gasteiger partial charge in [0, 0.05) is 11.8 Å². The number of piperidine rings is 1. The van der Waals surface area contributed by atoms with Crippen molar-refractivity contribution in [1.82, 2.24) is 25.3 Å². The van der Waals surface area contributed by atoms with Crippen LogP contribution in [0.5, 0.6) is 5.75 Å². The maximum Gasteiger partial charge on any atom is 0.276 e. The summed E-state index contributed by atoms with van der Waals surface area (Å²) >= 11 is 6.37. The third kappa shape index (κ3) is 5.35. The quantitative estimate of drug-likeness (QED) is 0.358. The highest BCUT2D eigenvalue weighted by Gasteiger charge is 2.22. The molecule has 0 radical (unpaired) electrons. The number of nitrogens with zero attached hydrogens (tertiary/aromatic N) is 2. The number of hydrogen-bond acceptors (Lipinski definition) is 6. The molecule has 1 aliphatic heterocycles. The van der Waals surface area contributed by atoms with Crippen LogP contribution in [-0.4, -0.2) is 50.9 Å². The topological polar surface area (TPSA) is 137 Å². The minimum absolute atomic E-state index is 0.0154. The monoisotopic (exact) mass is 471 g/mol. The molecule has 33 heavy (non-hydrogen) atoms. The summed E-state index contributed by atoms with van der Waals surface area (Å²) in [5, 5.41) is 8.98. The Bertz CT molecular complexity index is 1150. The van der Waals surface area contributed by atoms with Gasteiger partial charge in [-0.05, 0) is 51.4 Å². The van der Waals surface area contributed by atoms with Crippen LogP contribution in [0, 0.1) is 6.92 Å². The van der Waals surface area contributed by atoms with Crippen molar-refractivity contribution in [3.8, 4) is 5.75 Å². The van der Waals surface area contributed by atoms with Crippen LogP contribution in [-0.2, 0) is 6.42 Å². The second kappa shape index (κ2) is 10.1. The van der Waals surface area contributed by atoms with Crippen LogP contribution >= 0.6 is 11.6 Å². The van der Waals surface area contributed by atoms with E-state index in [9.17, 15) is 9.59 Å². The molecule has 1 aromatic carbocycles. The number of aryl methyl sites for hydroxylation is 2. The molecule has 3 aromatic rings. The Kier molecular flexibility index (Phi) is 6.95. The number of imidazole rings is 2. The first-order valence-electron chi connectivity index (χ1n) is 10.8. The number of amides is 2. The first kappa shape index (κ1) is 22.8. The fourth-order valence-electron chi connectivity index (χ4n) is 3.67. The summed E-state index contributed by atoms with van der Waals surface area (Å²) in [5.74, 6) is -0.154. The lowest BCUT2D eigenvalue weighted by Gasteiger charge is -2.24. The number of carbonyl (C=O) groups excluding carboxylic acids is 2. The van der Waals surface area contributed by atoms with Gasteiger partial charge in [0.15, 0.2) is 5.69 Å². The van der Waals surface area contributed by atoms with Crippen LogP contribution in [0.25, 0.3) is 0 Å². The normalized spacial score (nSPS) is 14.2. The molecule has 1 aliphatic rings. The van der Waals surface area contributed by atoms with Gasteiger partial charge in [-0.3, -0.25) is 14.9 Å². The summed E-state index contributed by atoms with van der Waals surface area (Å²) in [5.41, 5.74) is 2.08. The molecule has 2 amide bonds. The Balaban J connectivity index is 1.42. The van der Waals surface area contributed by atoms with Crippen molar-refractivity contribution < 1.29 is 14.3 Å². The lowest BCUT2D eigenvalue weighted by Crippen LogP contribution is -2.34. The van der Waals surface area contributed by atoms with Gasteiger partial charge in [-0.2, -0.15) is 0 Å². The van der Waals surface area contributed by atoms with Crippen LogP contribution in [0.15, 0.2) is 24.5 Å². The minimum atomic E-state index is -0.569. The first-order valence-corrected chi connectivity index (χ1v) is 11.2. The summed E-state index contributed by atoms with van der Waals surface area (Å²) < 4.78 is 5.98. The van der Waals surface area contributed by atoms with Gasteiger partial charge in [0.1, 0.15) is 17.5 Å². The fraction of sp³-hybridized carbons (Fsp3) is 0.364. The number of nitrogens with one attached hydrogen (secondary N) is 5. The highest BCUT2D eigenvalue weighted by molar-refractivity contribution is 6.34. The van der Waals surface area contributed by atoms with Crippen molar-refractivity contribution in [2.45, 2.75) is 39.2 Å². The van der Waals surface area contributed by atoms with Gasteiger partial charge in [-0.1, -0.05) is 18.5 Å². The summed E-state index contributed by atoms with van der Waals surface area (Å²) in [6.07, 6.45) is 4.01. The Morgan fingerprint density at radius 3 is 2.70 bits per heavy atom. The van der Waals surface area contributed by atoms with E-state index in [1.54, 1.807) is 18.2 Å². The zero-order valence-electron chi connectivity index (χ0n) is 18.4. The SMILES string of the molecule is CCc1nc(NC(=O)c2[nH]cnc2C(=O)Nc2ccc(OC3CCNCC3)cc2Cl)[nH]c1C. The van der Waals surface area contributed by atoms with Gasteiger partial charge in [-0.25, -0.2) is 9.97 Å². The number of halogens is 1. The number of ether oxygens (including phenoxy) is 1. The van der Waals surface area contributed by atoms with E-state index in [1.807, 2.05) is 13.8 Å². The Labute approximate surface area is 195 Å². The van der Waals surface area contributed by atoms with Crippen LogP contribution in [0.3, 0.4) is 0 Å². The molecule has 5 N–H and O–H groups in total. The van der Waals surface area contributed by atoms with Crippen LogP contribution in [0.1, 0.15) is 52.1 Å². The number of benzene rings is 1. The number of anilines is 2. The van der Waals surface area contributed by atoms with Crippen LogP contribution in [0.2, 0.25) is 5.02 Å². The zero-order valence-corrected chi connectivity index (χ0v) is 19.2. The Hall–Kier alpha value is -3.37. The van der Waals surface area contributed by atoms with Gasteiger partial charge in [0.25, 0.3) is 11.8 Å². The summed E-state index contributed by atoms with van der Waals surface area (Å²) in [6, 6.07) is 5.09. The predicted octanol–water partition coefficient (Wildman–Crippen LogP) is 3.29. The molecule has 1 fully saturated rings. The van der Waals surface area contributed by atoms with E-state index in [2.05, 4.69) is 35.9 Å².